The van der Waals surface area contributed by atoms with E-state index in [0.29, 0.717) is 6.61 Å². The van der Waals surface area contributed by atoms with Crippen molar-refractivity contribution in [3.8, 4) is 5.75 Å². The van der Waals surface area contributed by atoms with Crippen molar-refractivity contribution in [2.24, 2.45) is 5.41 Å². The highest BCUT2D eigenvalue weighted by Gasteiger charge is 2.50. The van der Waals surface area contributed by atoms with Crippen LogP contribution in [0.3, 0.4) is 0 Å². The Morgan fingerprint density at radius 2 is 1.50 bits per heavy atom. The molecule has 0 bridgehead atoms. The van der Waals surface area contributed by atoms with Gasteiger partial charge in [0.25, 0.3) is 5.79 Å². The van der Waals surface area contributed by atoms with Gasteiger partial charge in [-0.15, -0.1) is 0 Å². The molecule has 0 aliphatic carbocycles. The Morgan fingerprint density at radius 3 is 2.04 bits per heavy atom. The van der Waals surface area contributed by atoms with Crippen LogP contribution in [0.15, 0.2) is 54.6 Å². The van der Waals surface area contributed by atoms with Crippen LogP contribution in [0.25, 0.3) is 0 Å². The summed E-state index contributed by atoms with van der Waals surface area (Å²) in [4.78, 5) is 24.9. The van der Waals surface area contributed by atoms with E-state index in [2.05, 4.69) is 0 Å². The maximum absolute atomic E-state index is 12.4. The van der Waals surface area contributed by atoms with Crippen molar-refractivity contribution in [1.29, 1.82) is 0 Å². The topological polar surface area (TPSA) is 61.8 Å². The van der Waals surface area contributed by atoms with Gasteiger partial charge < -0.3 is 14.2 Å². The number of rotatable bonds is 4. The molecular formula is C22H23IO5. The lowest BCUT2D eigenvalue weighted by atomic mass is 9.86. The van der Waals surface area contributed by atoms with Crippen LogP contribution in [0.4, 0.5) is 0 Å². The molecule has 1 fully saturated rings. The van der Waals surface area contributed by atoms with Gasteiger partial charge in [0.05, 0.1) is 0 Å². The maximum Gasteiger partial charge on any atom is 0.354 e. The monoisotopic (exact) mass is 494 g/mol. The van der Waals surface area contributed by atoms with Gasteiger partial charge >= 0.3 is 11.9 Å². The highest BCUT2D eigenvalue weighted by Crippen LogP contribution is 2.38. The summed E-state index contributed by atoms with van der Waals surface area (Å²) < 4.78 is 17.8. The molecule has 0 aromatic heterocycles. The predicted octanol–water partition coefficient (Wildman–Crippen LogP) is 4.44. The largest absolute Gasteiger partial charge is 0.489 e. The van der Waals surface area contributed by atoms with Gasteiger partial charge in [-0.1, -0.05) is 71.8 Å². The molecule has 0 unspecified atom stereocenters. The molecule has 1 heterocycles. The van der Waals surface area contributed by atoms with Gasteiger partial charge in [-0.3, -0.25) is 0 Å². The van der Waals surface area contributed by atoms with Crippen molar-refractivity contribution in [3.63, 3.8) is 0 Å². The van der Waals surface area contributed by atoms with E-state index in [0.717, 1.165) is 14.9 Å². The van der Waals surface area contributed by atoms with Gasteiger partial charge in [0.1, 0.15) is 12.4 Å². The van der Waals surface area contributed by atoms with Crippen molar-refractivity contribution in [2.75, 3.05) is 0 Å². The summed E-state index contributed by atoms with van der Waals surface area (Å²) in [5.41, 5.74) is 0.573. The van der Waals surface area contributed by atoms with E-state index < -0.39 is 43.9 Å². The highest BCUT2D eigenvalue weighted by atomic mass is 127. The molecule has 0 saturated carbocycles. The molecule has 28 heavy (non-hydrogen) atoms. The molecule has 0 atom stereocenters. The first kappa shape index (κ1) is 20.5. The minimum absolute atomic E-state index is 0.110. The fourth-order valence-corrected chi connectivity index (χ4v) is 4.38. The molecule has 0 radical (unpaired) electrons. The van der Waals surface area contributed by atoms with Crippen molar-refractivity contribution in [3.05, 3.63) is 63.7 Å². The Labute approximate surface area is 174 Å². The first-order valence-corrected chi connectivity index (χ1v) is 11.1. The zero-order chi connectivity index (χ0) is 20.4. The Morgan fingerprint density at radius 1 is 0.929 bits per heavy atom. The van der Waals surface area contributed by atoms with Gasteiger partial charge in [-0.05, 0) is 29.8 Å². The summed E-state index contributed by atoms with van der Waals surface area (Å²) in [5, 5.41) is 0. The second kappa shape index (κ2) is 8.03. The number of hydrogen-bond acceptors (Lipinski definition) is 5. The average molecular weight is 494 g/mol. The van der Waals surface area contributed by atoms with Gasteiger partial charge in [-0.2, -0.15) is 0 Å². The van der Waals surface area contributed by atoms with Crippen molar-refractivity contribution in [1.82, 2.24) is 0 Å². The quantitative estimate of drug-likeness (QED) is 0.465. The normalized spacial score (nSPS) is 19.8. The first-order valence-electron chi connectivity index (χ1n) is 8.93. The van der Waals surface area contributed by atoms with Crippen LogP contribution < -0.4 is 4.74 Å². The van der Waals surface area contributed by atoms with Crippen LogP contribution in [0.5, 0.6) is 5.75 Å². The van der Waals surface area contributed by atoms with E-state index in [1.54, 1.807) is 6.92 Å². The second-order valence-corrected chi connectivity index (χ2v) is 10.5. The van der Waals surface area contributed by atoms with Crippen LogP contribution in [0.1, 0.15) is 33.3 Å². The summed E-state index contributed by atoms with van der Waals surface area (Å²) in [6.45, 7) is 7.69. The summed E-state index contributed by atoms with van der Waals surface area (Å²) >= 11 is -1.01. The third-order valence-corrected chi connectivity index (χ3v) is 7.32. The molecule has 5 nitrogen and oxygen atoms in total. The number of benzene rings is 2. The van der Waals surface area contributed by atoms with Crippen molar-refractivity contribution in [2.45, 2.75) is 40.1 Å². The number of carbonyl (C=O) groups excluding carboxylic acids is 2. The van der Waals surface area contributed by atoms with E-state index in [1.165, 1.54) is 0 Å². The molecule has 2 aromatic carbocycles. The van der Waals surface area contributed by atoms with Crippen LogP contribution in [-0.4, -0.2) is 21.2 Å². The van der Waals surface area contributed by atoms with Crippen LogP contribution in [0.2, 0.25) is 0 Å². The lowest BCUT2D eigenvalue weighted by Crippen LogP contribution is -2.54. The fourth-order valence-electron chi connectivity index (χ4n) is 2.37. The van der Waals surface area contributed by atoms with E-state index in [9.17, 15) is 9.59 Å². The van der Waals surface area contributed by atoms with Gasteiger partial charge in [-0.25, -0.2) is 9.59 Å². The number of cyclic esters (lactones) is 2. The molecule has 148 valence electrons. The molecular weight excluding hydrogens is 471 g/mol. The summed E-state index contributed by atoms with van der Waals surface area (Å²) in [6, 6.07) is 17.3. The average Bonchev–Trinajstić information content (AvgIpc) is 2.64. The second-order valence-electron chi connectivity index (χ2n) is 7.61. The molecule has 0 spiro atoms. The maximum atomic E-state index is 12.4. The molecule has 0 N–H and O–H groups in total. The number of halogens is 1. The van der Waals surface area contributed by atoms with Crippen LogP contribution >= 0.6 is 20.7 Å². The number of hydrogen-bond donors (Lipinski definition) is 0. The lowest BCUT2D eigenvalue weighted by molar-refractivity contribution is -0.254. The van der Waals surface area contributed by atoms with Crippen LogP contribution in [-0.2, 0) is 25.7 Å². The Kier molecular flexibility index (Phi) is 5.88. The summed E-state index contributed by atoms with van der Waals surface area (Å²) in [7, 11) is 0. The third-order valence-electron chi connectivity index (χ3n) is 4.56. The number of ether oxygens (including phenoxy) is 3. The zero-order valence-electron chi connectivity index (χ0n) is 16.3. The van der Waals surface area contributed by atoms with Crippen LogP contribution in [0, 0.1) is 8.99 Å². The minimum atomic E-state index is -1.26. The van der Waals surface area contributed by atoms with E-state index in [1.807, 2.05) is 75.4 Å². The molecule has 1 saturated heterocycles. The smallest absolute Gasteiger partial charge is 0.354 e. The molecule has 6 heteroatoms. The van der Waals surface area contributed by atoms with Gasteiger partial charge in [0.2, 0.25) is 0 Å². The summed E-state index contributed by atoms with van der Waals surface area (Å²) in [5.74, 6) is -1.68. The molecule has 1 aliphatic rings. The Bertz CT molecular complexity index is 875. The SMILES string of the molecule is CC(C)(C)C1(C)OC(=O)C(=Ic2ccc(OCc3ccccc3)cc2)C(=O)O1. The Balaban J connectivity index is 1.70. The lowest BCUT2D eigenvalue weighted by Gasteiger charge is -2.42. The fraction of sp³-hybridized carbons (Fsp3) is 0.318. The third kappa shape index (κ3) is 4.60. The first-order chi connectivity index (χ1) is 13.2. The van der Waals surface area contributed by atoms with Crippen molar-refractivity contribution >= 4 is 36.2 Å². The van der Waals surface area contributed by atoms with Crippen molar-refractivity contribution < 1.29 is 23.8 Å². The van der Waals surface area contributed by atoms with Gasteiger partial charge in [0, 0.05) is 15.9 Å². The summed E-state index contributed by atoms with van der Waals surface area (Å²) in [6.07, 6.45) is 0. The highest BCUT2D eigenvalue weighted by molar-refractivity contribution is 14.2. The molecule has 3 rings (SSSR count). The van der Waals surface area contributed by atoms with E-state index in [4.69, 9.17) is 14.2 Å². The number of carbonyl (C=O) groups is 2. The zero-order valence-corrected chi connectivity index (χ0v) is 18.5. The van der Waals surface area contributed by atoms with E-state index >= 15 is 0 Å². The molecule has 1 aliphatic heterocycles. The Hall–Kier alpha value is -2.22. The molecule has 0 amide bonds. The van der Waals surface area contributed by atoms with E-state index in [-0.39, 0.29) is 3.51 Å². The minimum Gasteiger partial charge on any atom is -0.489 e. The predicted molar refractivity (Wildman–Crippen MR) is 115 cm³/mol. The number of esters is 2. The molecule has 2 aromatic rings. The standard InChI is InChI=1S/C22H23IO5/c1-21(2,3)22(4)27-19(24)18(20(25)28-22)23-16-10-12-17(13-11-16)26-14-15-8-6-5-7-9-15/h5-13H,14H2,1-4H3. The van der Waals surface area contributed by atoms with Gasteiger partial charge in [0.15, 0.2) is 3.51 Å².